The summed E-state index contributed by atoms with van der Waals surface area (Å²) in [4.78, 5) is 24.4. The van der Waals surface area contributed by atoms with Crippen LogP contribution in [-0.4, -0.2) is 35.9 Å². The van der Waals surface area contributed by atoms with E-state index in [1.165, 1.54) is 23.1 Å². The van der Waals surface area contributed by atoms with Gasteiger partial charge in [-0.25, -0.2) is 8.42 Å². The zero-order valence-electron chi connectivity index (χ0n) is 12.6. The zero-order valence-corrected chi connectivity index (χ0v) is 13.4. The van der Waals surface area contributed by atoms with Gasteiger partial charge >= 0.3 is 0 Å². The van der Waals surface area contributed by atoms with E-state index >= 15 is 0 Å². The van der Waals surface area contributed by atoms with E-state index in [2.05, 4.69) is 0 Å². The van der Waals surface area contributed by atoms with Crippen LogP contribution in [0.3, 0.4) is 0 Å². The highest BCUT2D eigenvalue weighted by molar-refractivity contribution is 7.92. The first-order valence-electron chi connectivity index (χ1n) is 7.68. The molecular formula is C15H18N2O5S. The van der Waals surface area contributed by atoms with Gasteiger partial charge in [-0.3, -0.25) is 14.9 Å². The van der Waals surface area contributed by atoms with Gasteiger partial charge in [-0.1, -0.05) is 31.4 Å². The molecule has 1 aromatic rings. The number of para-hydroxylation sites is 1. The average molecular weight is 338 g/mol. The molecule has 0 spiro atoms. The van der Waals surface area contributed by atoms with Crippen molar-refractivity contribution in [3.63, 3.8) is 0 Å². The van der Waals surface area contributed by atoms with Crippen LogP contribution in [0.5, 0.6) is 0 Å². The summed E-state index contributed by atoms with van der Waals surface area (Å²) in [6.07, 6.45) is 4.45. The number of carbonyl (C=O) groups is 1. The summed E-state index contributed by atoms with van der Waals surface area (Å²) in [7, 11) is -3.77. The SMILES string of the molecule is O=C1CS(=O)(=O)[C@@H](c2ccccc2[N+](=O)[O-])N1C1CCCCC1. The summed E-state index contributed by atoms with van der Waals surface area (Å²) in [6, 6.07) is 5.63. The Bertz CT molecular complexity index is 740. The van der Waals surface area contributed by atoms with Crippen molar-refractivity contribution in [1.82, 2.24) is 4.90 Å². The number of hydrogen-bond acceptors (Lipinski definition) is 5. The van der Waals surface area contributed by atoms with Gasteiger partial charge in [0.25, 0.3) is 5.69 Å². The van der Waals surface area contributed by atoms with E-state index in [9.17, 15) is 23.3 Å². The summed E-state index contributed by atoms with van der Waals surface area (Å²) >= 11 is 0. The van der Waals surface area contributed by atoms with Crippen LogP contribution in [0.1, 0.15) is 43.0 Å². The van der Waals surface area contributed by atoms with Gasteiger partial charge in [0.05, 0.1) is 10.5 Å². The van der Waals surface area contributed by atoms with Crippen molar-refractivity contribution in [2.24, 2.45) is 0 Å². The second kappa shape index (κ2) is 5.92. The van der Waals surface area contributed by atoms with Crippen LogP contribution in [0.4, 0.5) is 5.69 Å². The van der Waals surface area contributed by atoms with E-state index in [1.807, 2.05) is 0 Å². The Morgan fingerprint density at radius 2 is 1.78 bits per heavy atom. The number of amides is 1. The monoisotopic (exact) mass is 338 g/mol. The first kappa shape index (κ1) is 15.9. The third kappa shape index (κ3) is 2.83. The fourth-order valence-electron chi connectivity index (χ4n) is 3.59. The van der Waals surface area contributed by atoms with Gasteiger partial charge in [-0.15, -0.1) is 0 Å². The standard InChI is InChI=1S/C15H18N2O5S/c18-14-10-23(21,22)15(16(14)11-6-2-1-3-7-11)12-8-4-5-9-13(12)17(19)20/h4-5,8-9,11,15H,1-3,6-7,10H2/t15-/m0/s1. The molecule has 2 fully saturated rings. The van der Waals surface area contributed by atoms with Crippen molar-refractivity contribution in [2.45, 2.75) is 43.5 Å². The third-order valence-electron chi connectivity index (χ3n) is 4.57. The molecule has 0 N–H and O–H groups in total. The first-order valence-corrected chi connectivity index (χ1v) is 9.39. The van der Waals surface area contributed by atoms with Gasteiger partial charge in [0.1, 0.15) is 5.75 Å². The topological polar surface area (TPSA) is 97.6 Å². The molecule has 1 saturated heterocycles. The highest BCUT2D eigenvalue weighted by Gasteiger charge is 2.49. The molecule has 0 radical (unpaired) electrons. The van der Waals surface area contributed by atoms with Crippen molar-refractivity contribution in [1.29, 1.82) is 0 Å². The summed E-state index contributed by atoms with van der Waals surface area (Å²) in [5.74, 6) is -1.01. The third-order valence-corrected chi connectivity index (χ3v) is 6.38. The number of hydrogen-bond donors (Lipinski definition) is 0. The van der Waals surface area contributed by atoms with Crippen molar-refractivity contribution >= 4 is 21.4 Å². The van der Waals surface area contributed by atoms with Crippen molar-refractivity contribution in [2.75, 3.05) is 5.75 Å². The van der Waals surface area contributed by atoms with Crippen LogP contribution in [0.2, 0.25) is 0 Å². The van der Waals surface area contributed by atoms with E-state index in [-0.39, 0.29) is 17.3 Å². The van der Waals surface area contributed by atoms with Crippen LogP contribution < -0.4 is 0 Å². The van der Waals surface area contributed by atoms with E-state index in [0.717, 1.165) is 32.1 Å². The molecule has 0 aromatic heterocycles. The number of carbonyl (C=O) groups excluding carboxylic acids is 1. The van der Waals surface area contributed by atoms with Gasteiger partial charge in [0.15, 0.2) is 15.2 Å². The van der Waals surface area contributed by atoms with Gasteiger partial charge in [-0.2, -0.15) is 0 Å². The molecule has 8 heteroatoms. The number of rotatable bonds is 3. The van der Waals surface area contributed by atoms with Crippen LogP contribution in [-0.2, 0) is 14.6 Å². The second-order valence-corrected chi connectivity index (χ2v) is 8.13. The minimum atomic E-state index is -3.77. The lowest BCUT2D eigenvalue weighted by molar-refractivity contribution is -0.385. The summed E-state index contributed by atoms with van der Waals surface area (Å²) in [6.45, 7) is 0. The highest BCUT2D eigenvalue weighted by Crippen LogP contribution is 2.41. The minimum Gasteiger partial charge on any atom is -0.318 e. The van der Waals surface area contributed by atoms with E-state index in [0.29, 0.717) is 0 Å². The van der Waals surface area contributed by atoms with Crippen LogP contribution in [0.25, 0.3) is 0 Å². The lowest BCUT2D eigenvalue weighted by Gasteiger charge is -2.34. The second-order valence-electron chi connectivity index (χ2n) is 6.07. The molecule has 0 bridgehead atoms. The minimum absolute atomic E-state index is 0.0916. The van der Waals surface area contributed by atoms with Crippen molar-refractivity contribution in [3.8, 4) is 0 Å². The Balaban J connectivity index is 2.09. The number of benzene rings is 1. The van der Waals surface area contributed by atoms with E-state index < -0.39 is 31.8 Å². The average Bonchev–Trinajstić information content (AvgIpc) is 2.76. The van der Waals surface area contributed by atoms with E-state index in [1.54, 1.807) is 6.07 Å². The molecule has 124 valence electrons. The predicted molar refractivity (Wildman–Crippen MR) is 83.3 cm³/mol. The molecule has 1 saturated carbocycles. The number of nitro groups is 1. The van der Waals surface area contributed by atoms with Crippen molar-refractivity contribution < 1.29 is 18.1 Å². The Labute approximate surface area is 134 Å². The molecule has 0 unspecified atom stereocenters. The fraction of sp³-hybridized carbons (Fsp3) is 0.533. The number of sulfone groups is 1. The zero-order chi connectivity index (χ0) is 16.6. The largest absolute Gasteiger partial charge is 0.318 e. The molecule has 1 amide bonds. The molecular weight excluding hydrogens is 320 g/mol. The van der Waals surface area contributed by atoms with Crippen LogP contribution in [0, 0.1) is 10.1 Å². The molecule has 1 aliphatic carbocycles. The van der Waals surface area contributed by atoms with Gasteiger partial charge < -0.3 is 4.90 Å². The molecule has 1 atom stereocenters. The molecule has 23 heavy (non-hydrogen) atoms. The lowest BCUT2D eigenvalue weighted by atomic mass is 9.93. The van der Waals surface area contributed by atoms with Gasteiger partial charge in [0.2, 0.25) is 5.91 Å². The maximum atomic E-state index is 12.5. The Morgan fingerprint density at radius 3 is 2.43 bits per heavy atom. The van der Waals surface area contributed by atoms with Gasteiger partial charge in [-0.05, 0) is 18.9 Å². The maximum Gasteiger partial charge on any atom is 0.275 e. The molecule has 1 aliphatic heterocycles. The molecule has 2 aliphatic rings. The lowest BCUT2D eigenvalue weighted by Crippen LogP contribution is -2.40. The normalized spacial score (nSPS) is 24.8. The van der Waals surface area contributed by atoms with E-state index in [4.69, 9.17) is 0 Å². The quantitative estimate of drug-likeness (QED) is 0.621. The smallest absolute Gasteiger partial charge is 0.275 e. The number of nitro benzene ring substituents is 1. The van der Waals surface area contributed by atoms with Crippen LogP contribution in [0.15, 0.2) is 24.3 Å². The summed E-state index contributed by atoms with van der Waals surface area (Å²) in [5.41, 5.74) is -0.162. The molecule has 1 heterocycles. The molecule has 3 rings (SSSR count). The Hall–Kier alpha value is -1.96. The predicted octanol–water partition coefficient (Wildman–Crippen LogP) is 2.18. The summed E-state index contributed by atoms with van der Waals surface area (Å²) in [5, 5.41) is 10.0. The number of nitrogens with zero attached hydrogens (tertiary/aromatic N) is 2. The Morgan fingerprint density at radius 1 is 1.13 bits per heavy atom. The fourth-order valence-corrected chi connectivity index (χ4v) is 5.46. The highest BCUT2D eigenvalue weighted by atomic mass is 32.2. The summed E-state index contributed by atoms with van der Waals surface area (Å²) < 4.78 is 25.0. The Kier molecular flexibility index (Phi) is 4.09. The van der Waals surface area contributed by atoms with Crippen molar-refractivity contribution in [3.05, 3.63) is 39.9 Å². The molecule has 1 aromatic carbocycles. The van der Waals surface area contributed by atoms with Gasteiger partial charge in [0, 0.05) is 12.1 Å². The van der Waals surface area contributed by atoms with Crippen LogP contribution >= 0.6 is 0 Å². The first-order chi connectivity index (χ1) is 10.9. The maximum absolute atomic E-state index is 12.5. The molecule has 7 nitrogen and oxygen atoms in total.